The van der Waals surface area contributed by atoms with Gasteiger partial charge in [0.25, 0.3) is 5.91 Å². The third kappa shape index (κ3) is 3.55. The van der Waals surface area contributed by atoms with Crippen molar-refractivity contribution in [3.8, 4) is 0 Å². The lowest BCUT2D eigenvalue weighted by atomic mass is 10.1. The van der Waals surface area contributed by atoms with Gasteiger partial charge >= 0.3 is 0 Å². The zero-order chi connectivity index (χ0) is 18.0. The van der Waals surface area contributed by atoms with Crippen LogP contribution in [0.2, 0.25) is 10.0 Å². The molecule has 1 amide bonds. The lowest BCUT2D eigenvalue weighted by Gasteiger charge is -2.11. The van der Waals surface area contributed by atoms with E-state index in [0.717, 1.165) is 5.56 Å². The molecule has 2 heterocycles. The highest BCUT2D eigenvalue weighted by Crippen LogP contribution is 2.27. The maximum Gasteiger partial charge on any atom is 0.262 e. The summed E-state index contributed by atoms with van der Waals surface area (Å²) >= 11 is 12.3. The first-order valence-electron chi connectivity index (χ1n) is 7.72. The van der Waals surface area contributed by atoms with Gasteiger partial charge in [-0.25, -0.2) is 4.68 Å². The van der Waals surface area contributed by atoms with Crippen LogP contribution < -0.4 is 5.32 Å². The Hall–Kier alpha value is -2.31. The van der Waals surface area contributed by atoms with Crippen molar-refractivity contribution in [1.29, 1.82) is 0 Å². The highest BCUT2D eigenvalue weighted by Gasteiger charge is 2.20. The minimum absolute atomic E-state index is 0.283. The van der Waals surface area contributed by atoms with Crippen LogP contribution >= 0.6 is 23.2 Å². The third-order valence-electron chi connectivity index (χ3n) is 3.81. The first-order chi connectivity index (χ1) is 12.0. The Kier molecular flexibility index (Phi) is 5.11. The molecule has 0 fully saturated rings. The number of aryl methyl sites for hydroxylation is 2. The van der Waals surface area contributed by atoms with Crippen LogP contribution in [0.4, 0.5) is 5.82 Å². The van der Waals surface area contributed by atoms with Gasteiger partial charge in [0, 0.05) is 6.07 Å². The molecular formula is C17H16Cl2N4O2. The Balaban J connectivity index is 1.83. The fraction of sp³-hybridized carbons (Fsp3) is 0.235. The van der Waals surface area contributed by atoms with E-state index in [9.17, 15) is 4.79 Å². The number of aromatic nitrogens is 3. The summed E-state index contributed by atoms with van der Waals surface area (Å²) in [6.07, 6.45) is 2.22. The van der Waals surface area contributed by atoms with Crippen molar-refractivity contribution in [2.75, 3.05) is 5.32 Å². The predicted octanol–water partition coefficient (Wildman–Crippen LogP) is 4.35. The number of halogens is 2. The first kappa shape index (κ1) is 17.5. The highest BCUT2D eigenvalue weighted by atomic mass is 35.5. The van der Waals surface area contributed by atoms with E-state index in [4.69, 9.17) is 27.7 Å². The maximum atomic E-state index is 12.6. The van der Waals surface area contributed by atoms with E-state index in [-0.39, 0.29) is 5.91 Å². The first-order valence-corrected chi connectivity index (χ1v) is 8.48. The van der Waals surface area contributed by atoms with Crippen molar-refractivity contribution in [2.45, 2.75) is 26.8 Å². The standard InChI is InChI=1S/C17H16Cl2N4O2/c1-3-13-15(10(2)25-22-13)17(24)21-14-7-8-20-23(14)9-11-5-4-6-12(18)16(11)19/h4-8H,3,9H2,1-2H3,(H,21,24). The van der Waals surface area contributed by atoms with E-state index >= 15 is 0 Å². The van der Waals surface area contributed by atoms with Crippen LogP contribution in [-0.4, -0.2) is 20.8 Å². The Labute approximate surface area is 154 Å². The van der Waals surface area contributed by atoms with Gasteiger partial charge in [-0.15, -0.1) is 0 Å². The molecule has 0 radical (unpaired) electrons. The fourth-order valence-electron chi connectivity index (χ4n) is 2.53. The number of nitrogens with one attached hydrogen (secondary N) is 1. The molecule has 2 aromatic heterocycles. The number of nitrogens with zero attached hydrogens (tertiary/aromatic N) is 3. The SMILES string of the molecule is CCc1noc(C)c1C(=O)Nc1ccnn1Cc1cccc(Cl)c1Cl. The van der Waals surface area contributed by atoms with Gasteiger partial charge < -0.3 is 9.84 Å². The smallest absolute Gasteiger partial charge is 0.262 e. The second kappa shape index (κ2) is 7.29. The van der Waals surface area contributed by atoms with E-state index in [1.54, 1.807) is 29.9 Å². The Morgan fingerprint density at radius 1 is 1.32 bits per heavy atom. The zero-order valence-corrected chi connectivity index (χ0v) is 15.2. The summed E-state index contributed by atoms with van der Waals surface area (Å²) in [6.45, 7) is 4.01. The number of carbonyl (C=O) groups excluding carboxylic acids is 1. The molecule has 0 bridgehead atoms. The summed E-state index contributed by atoms with van der Waals surface area (Å²) in [5, 5.41) is 11.9. The van der Waals surface area contributed by atoms with Crippen molar-refractivity contribution in [3.05, 3.63) is 63.1 Å². The molecule has 0 aliphatic carbocycles. The minimum atomic E-state index is -0.283. The van der Waals surface area contributed by atoms with Gasteiger partial charge in [0.2, 0.25) is 0 Å². The molecule has 3 aromatic rings. The van der Waals surface area contributed by atoms with Gasteiger partial charge in [0.05, 0.1) is 28.5 Å². The van der Waals surface area contributed by atoms with Gasteiger partial charge in [-0.2, -0.15) is 5.10 Å². The lowest BCUT2D eigenvalue weighted by Crippen LogP contribution is -2.18. The molecule has 0 saturated heterocycles. The van der Waals surface area contributed by atoms with Crippen LogP contribution in [0.25, 0.3) is 0 Å². The second-order valence-corrected chi connectivity index (χ2v) is 6.24. The number of rotatable bonds is 5. The van der Waals surface area contributed by atoms with Gasteiger partial charge in [0.15, 0.2) is 0 Å². The van der Waals surface area contributed by atoms with E-state index in [0.29, 0.717) is 45.8 Å². The number of benzene rings is 1. The molecule has 0 atom stereocenters. The quantitative estimate of drug-likeness (QED) is 0.715. The topological polar surface area (TPSA) is 73.0 Å². The summed E-state index contributed by atoms with van der Waals surface area (Å²) in [4.78, 5) is 12.6. The molecule has 0 spiro atoms. The summed E-state index contributed by atoms with van der Waals surface area (Å²) in [5.74, 6) is 0.747. The van der Waals surface area contributed by atoms with E-state index in [1.807, 2.05) is 19.1 Å². The molecule has 0 aliphatic heterocycles. The molecule has 1 N–H and O–H groups in total. The summed E-state index contributed by atoms with van der Waals surface area (Å²) in [7, 11) is 0. The monoisotopic (exact) mass is 378 g/mol. The van der Waals surface area contributed by atoms with Gasteiger partial charge in [-0.05, 0) is 25.0 Å². The molecule has 0 saturated carbocycles. The number of amides is 1. The van der Waals surface area contributed by atoms with Crippen LogP contribution in [0.5, 0.6) is 0 Å². The molecular weight excluding hydrogens is 363 g/mol. The van der Waals surface area contributed by atoms with Gasteiger partial charge in [-0.1, -0.05) is 47.4 Å². The Morgan fingerprint density at radius 2 is 2.12 bits per heavy atom. The zero-order valence-electron chi connectivity index (χ0n) is 13.7. The normalized spacial score (nSPS) is 10.9. The summed E-state index contributed by atoms with van der Waals surface area (Å²) in [6, 6.07) is 7.12. The van der Waals surface area contributed by atoms with Crippen molar-refractivity contribution in [1.82, 2.24) is 14.9 Å². The number of hydrogen-bond acceptors (Lipinski definition) is 4. The van der Waals surface area contributed by atoms with Crippen LogP contribution in [0.3, 0.4) is 0 Å². The average Bonchev–Trinajstić information content (AvgIpc) is 3.18. The Bertz CT molecular complexity index is 917. The largest absolute Gasteiger partial charge is 0.361 e. The van der Waals surface area contributed by atoms with Crippen molar-refractivity contribution in [3.63, 3.8) is 0 Å². The third-order valence-corrected chi connectivity index (χ3v) is 4.66. The predicted molar refractivity (Wildman–Crippen MR) is 96.4 cm³/mol. The molecule has 130 valence electrons. The maximum absolute atomic E-state index is 12.6. The Morgan fingerprint density at radius 3 is 2.88 bits per heavy atom. The van der Waals surface area contributed by atoms with E-state index in [2.05, 4.69) is 15.6 Å². The molecule has 8 heteroatoms. The van der Waals surface area contributed by atoms with Crippen LogP contribution in [0, 0.1) is 6.92 Å². The molecule has 0 unspecified atom stereocenters. The van der Waals surface area contributed by atoms with Crippen LogP contribution in [0.15, 0.2) is 35.0 Å². The molecule has 3 rings (SSSR count). The molecule has 25 heavy (non-hydrogen) atoms. The van der Waals surface area contributed by atoms with E-state index in [1.165, 1.54) is 0 Å². The van der Waals surface area contributed by atoms with Gasteiger partial charge in [0.1, 0.15) is 17.1 Å². The fourth-order valence-corrected chi connectivity index (χ4v) is 2.91. The second-order valence-electron chi connectivity index (χ2n) is 5.46. The van der Waals surface area contributed by atoms with Crippen molar-refractivity contribution >= 4 is 34.9 Å². The number of anilines is 1. The summed E-state index contributed by atoms with van der Waals surface area (Å²) in [5.41, 5.74) is 1.89. The highest BCUT2D eigenvalue weighted by molar-refractivity contribution is 6.42. The number of carbonyl (C=O) groups is 1. The number of hydrogen-bond donors (Lipinski definition) is 1. The van der Waals surface area contributed by atoms with Crippen molar-refractivity contribution in [2.24, 2.45) is 0 Å². The van der Waals surface area contributed by atoms with Crippen LogP contribution in [0.1, 0.15) is 34.3 Å². The van der Waals surface area contributed by atoms with Crippen LogP contribution in [-0.2, 0) is 13.0 Å². The van der Waals surface area contributed by atoms with E-state index < -0.39 is 0 Å². The molecule has 6 nitrogen and oxygen atoms in total. The lowest BCUT2D eigenvalue weighted by molar-refractivity contribution is 0.102. The molecule has 0 aliphatic rings. The molecule has 1 aromatic carbocycles. The van der Waals surface area contributed by atoms with Gasteiger partial charge in [-0.3, -0.25) is 4.79 Å². The van der Waals surface area contributed by atoms with Crippen molar-refractivity contribution < 1.29 is 9.32 Å². The minimum Gasteiger partial charge on any atom is -0.361 e. The summed E-state index contributed by atoms with van der Waals surface area (Å²) < 4.78 is 6.76. The average molecular weight is 379 g/mol.